The van der Waals surface area contributed by atoms with Crippen LogP contribution in [0.5, 0.6) is 5.75 Å². The standard InChI is InChI=1S/C22H25N3O2/c1-26-21-7-4-16-10-18(3-2-17(16)11-21)22-14-24(8-9-27-22)13-20-12-23-15-25(20)19-5-6-19/h2-4,7,10-12,15,19,22H,5-6,8-9,13-14H2,1H3/t22-/m1/s1. The van der Waals surface area contributed by atoms with E-state index < -0.39 is 0 Å². The molecule has 0 spiro atoms. The Bertz CT molecular complexity index is 948. The number of rotatable bonds is 5. The van der Waals surface area contributed by atoms with Gasteiger partial charge in [0.1, 0.15) is 5.75 Å². The molecule has 0 radical (unpaired) electrons. The van der Waals surface area contributed by atoms with Crippen molar-refractivity contribution in [3.63, 3.8) is 0 Å². The summed E-state index contributed by atoms with van der Waals surface area (Å²) in [5.41, 5.74) is 2.57. The van der Waals surface area contributed by atoms with Gasteiger partial charge in [-0.25, -0.2) is 4.98 Å². The lowest BCUT2D eigenvalue weighted by Gasteiger charge is -2.33. The number of aromatic nitrogens is 2. The molecule has 0 bridgehead atoms. The molecule has 2 aliphatic rings. The van der Waals surface area contributed by atoms with Gasteiger partial charge in [-0.15, -0.1) is 0 Å². The van der Waals surface area contributed by atoms with Crippen LogP contribution in [-0.4, -0.2) is 41.3 Å². The highest BCUT2D eigenvalue weighted by atomic mass is 16.5. The third-order valence-electron chi connectivity index (χ3n) is 5.67. The number of benzene rings is 2. The number of ether oxygens (including phenoxy) is 2. The SMILES string of the molecule is COc1ccc2cc([C@H]3CN(Cc4cncn4C4CC4)CCO3)ccc2c1. The molecule has 1 aliphatic carbocycles. The number of hydrogen-bond donors (Lipinski definition) is 0. The average molecular weight is 363 g/mol. The summed E-state index contributed by atoms with van der Waals surface area (Å²) in [6.45, 7) is 3.60. The van der Waals surface area contributed by atoms with Crippen LogP contribution in [0.2, 0.25) is 0 Å². The minimum absolute atomic E-state index is 0.113. The van der Waals surface area contributed by atoms with E-state index in [4.69, 9.17) is 9.47 Å². The molecule has 5 heteroatoms. The predicted octanol–water partition coefficient (Wildman–Crippen LogP) is 3.95. The van der Waals surface area contributed by atoms with Gasteiger partial charge in [-0.1, -0.05) is 18.2 Å². The summed E-state index contributed by atoms with van der Waals surface area (Å²) in [6, 6.07) is 13.5. The van der Waals surface area contributed by atoms with Gasteiger partial charge >= 0.3 is 0 Å². The smallest absolute Gasteiger partial charge is 0.119 e. The van der Waals surface area contributed by atoms with E-state index in [1.807, 2.05) is 18.6 Å². The van der Waals surface area contributed by atoms with Crippen molar-refractivity contribution in [2.45, 2.75) is 31.5 Å². The highest BCUT2D eigenvalue weighted by molar-refractivity contribution is 5.84. The molecule has 27 heavy (non-hydrogen) atoms. The molecule has 2 heterocycles. The molecule has 1 atom stereocenters. The number of methoxy groups -OCH3 is 1. The van der Waals surface area contributed by atoms with Crippen molar-refractivity contribution in [2.75, 3.05) is 26.8 Å². The van der Waals surface area contributed by atoms with Gasteiger partial charge in [0.25, 0.3) is 0 Å². The Balaban J connectivity index is 1.33. The second-order valence-electron chi connectivity index (χ2n) is 7.59. The quantitative estimate of drug-likeness (QED) is 0.688. The number of nitrogens with zero attached hydrogens (tertiary/aromatic N) is 3. The fourth-order valence-corrected chi connectivity index (χ4v) is 3.98. The lowest BCUT2D eigenvalue weighted by molar-refractivity contribution is -0.0335. The van der Waals surface area contributed by atoms with Crippen molar-refractivity contribution >= 4 is 10.8 Å². The first-order chi connectivity index (χ1) is 13.3. The molecule has 0 N–H and O–H groups in total. The first-order valence-corrected chi connectivity index (χ1v) is 9.72. The normalized spacial score (nSPS) is 20.9. The lowest BCUT2D eigenvalue weighted by Crippen LogP contribution is -2.38. The fourth-order valence-electron chi connectivity index (χ4n) is 3.98. The summed E-state index contributed by atoms with van der Waals surface area (Å²) >= 11 is 0. The average Bonchev–Trinajstić information content (AvgIpc) is 3.46. The van der Waals surface area contributed by atoms with Crippen LogP contribution in [-0.2, 0) is 11.3 Å². The fraction of sp³-hybridized carbons (Fsp3) is 0.409. The van der Waals surface area contributed by atoms with Crippen molar-refractivity contribution in [2.24, 2.45) is 0 Å². The molecule has 3 aromatic rings. The van der Waals surface area contributed by atoms with E-state index >= 15 is 0 Å². The topological polar surface area (TPSA) is 39.5 Å². The molecule has 0 unspecified atom stereocenters. The summed E-state index contributed by atoms with van der Waals surface area (Å²) in [4.78, 5) is 6.86. The Morgan fingerprint density at radius 2 is 2.00 bits per heavy atom. The lowest BCUT2D eigenvalue weighted by atomic mass is 10.0. The number of morpholine rings is 1. The third kappa shape index (κ3) is 3.45. The molecule has 0 amide bonds. The summed E-state index contributed by atoms with van der Waals surface area (Å²) in [7, 11) is 1.70. The highest BCUT2D eigenvalue weighted by Crippen LogP contribution is 2.36. The highest BCUT2D eigenvalue weighted by Gasteiger charge is 2.27. The Morgan fingerprint density at radius 3 is 2.85 bits per heavy atom. The first kappa shape index (κ1) is 16.8. The van der Waals surface area contributed by atoms with Crippen molar-refractivity contribution in [1.82, 2.24) is 14.5 Å². The number of imidazole rings is 1. The van der Waals surface area contributed by atoms with E-state index in [1.165, 1.54) is 34.9 Å². The molecule has 5 rings (SSSR count). The first-order valence-electron chi connectivity index (χ1n) is 9.72. The molecular weight excluding hydrogens is 338 g/mol. The van der Waals surface area contributed by atoms with Crippen molar-refractivity contribution in [3.05, 3.63) is 60.2 Å². The van der Waals surface area contributed by atoms with E-state index in [9.17, 15) is 0 Å². The monoisotopic (exact) mass is 363 g/mol. The van der Waals surface area contributed by atoms with Crippen molar-refractivity contribution in [1.29, 1.82) is 0 Å². The molecule has 1 saturated carbocycles. The third-order valence-corrected chi connectivity index (χ3v) is 5.67. The molecule has 1 aromatic heterocycles. The summed E-state index contributed by atoms with van der Waals surface area (Å²) < 4.78 is 13.8. The molecule has 2 aromatic carbocycles. The Hall–Kier alpha value is -2.37. The zero-order chi connectivity index (χ0) is 18.2. The van der Waals surface area contributed by atoms with Crippen molar-refractivity contribution < 1.29 is 9.47 Å². The van der Waals surface area contributed by atoms with Gasteiger partial charge in [0.2, 0.25) is 0 Å². The van der Waals surface area contributed by atoms with E-state index in [0.717, 1.165) is 32.0 Å². The van der Waals surface area contributed by atoms with Crippen LogP contribution in [0, 0.1) is 0 Å². The summed E-state index contributed by atoms with van der Waals surface area (Å²) in [5, 5.41) is 2.42. The minimum atomic E-state index is 0.113. The second-order valence-corrected chi connectivity index (χ2v) is 7.59. The maximum Gasteiger partial charge on any atom is 0.119 e. The van der Waals surface area contributed by atoms with Gasteiger partial charge in [0.05, 0.1) is 31.8 Å². The van der Waals surface area contributed by atoms with Crippen LogP contribution >= 0.6 is 0 Å². The second kappa shape index (κ2) is 6.98. The number of hydrogen-bond acceptors (Lipinski definition) is 4. The minimum Gasteiger partial charge on any atom is -0.497 e. The maximum absolute atomic E-state index is 6.11. The van der Waals surface area contributed by atoms with E-state index in [1.54, 1.807) is 7.11 Å². The molecule has 5 nitrogen and oxygen atoms in total. The largest absolute Gasteiger partial charge is 0.497 e. The van der Waals surface area contributed by atoms with Gasteiger partial charge in [-0.2, -0.15) is 0 Å². The summed E-state index contributed by atoms with van der Waals surface area (Å²) in [5.74, 6) is 0.891. The van der Waals surface area contributed by atoms with E-state index in [2.05, 4.69) is 44.8 Å². The van der Waals surface area contributed by atoms with E-state index in [0.29, 0.717) is 6.04 Å². The van der Waals surface area contributed by atoms with Gasteiger partial charge in [0.15, 0.2) is 0 Å². The van der Waals surface area contributed by atoms with Crippen LogP contribution in [0.1, 0.15) is 36.2 Å². The van der Waals surface area contributed by atoms with Crippen LogP contribution in [0.15, 0.2) is 48.9 Å². The Labute approximate surface area is 159 Å². The Kier molecular flexibility index (Phi) is 4.34. The van der Waals surface area contributed by atoms with Crippen LogP contribution in [0.4, 0.5) is 0 Å². The summed E-state index contributed by atoms with van der Waals surface area (Å²) in [6.07, 6.45) is 6.70. The zero-order valence-corrected chi connectivity index (χ0v) is 15.7. The van der Waals surface area contributed by atoms with Crippen LogP contribution in [0.25, 0.3) is 10.8 Å². The van der Waals surface area contributed by atoms with Crippen LogP contribution in [0.3, 0.4) is 0 Å². The molecule has 2 fully saturated rings. The maximum atomic E-state index is 6.11. The predicted molar refractivity (Wildman–Crippen MR) is 105 cm³/mol. The zero-order valence-electron chi connectivity index (χ0n) is 15.7. The van der Waals surface area contributed by atoms with Gasteiger partial charge in [-0.05, 0) is 47.4 Å². The molecule has 1 aliphatic heterocycles. The molecule has 1 saturated heterocycles. The van der Waals surface area contributed by atoms with Crippen LogP contribution < -0.4 is 4.74 Å². The Morgan fingerprint density at radius 1 is 1.15 bits per heavy atom. The van der Waals surface area contributed by atoms with Crippen molar-refractivity contribution in [3.8, 4) is 5.75 Å². The van der Waals surface area contributed by atoms with Gasteiger partial charge < -0.3 is 14.0 Å². The van der Waals surface area contributed by atoms with Gasteiger partial charge in [-0.3, -0.25) is 4.90 Å². The van der Waals surface area contributed by atoms with Gasteiger partial charge in [0, 0.05) is 31.9 Å². The molecular formula is C22H25N3O2. The number of fused-ring (bicyclic) bond motifs is 1. The molecule has 140 valence electrons. The van der Waals surface area contributed by atoms with E-state index in [-0.39, 0.29) is 6.10 Å².